The van der Waals surface area contributed by atoms with E-state index in [0.717, 1.165) is 43.6 Å². The number of piperidine rings is 2. The van der Waals surface area contributed by atoms with Crippen molar-refractivity contribution in [1.82, 2.24) is 24.3 Å². The van der Waals surface area contributed by atoms with Gasteiger partial charge in [-0.2, -0.15) is 0 Å². The van der Waals surface area contributed by atoms with Crippen molar-refractivity contribution in [2.45, 2.75) is 77.0 Å². The molecule has 2 N–H and O–H groups in total. The quantitative estimate of drug-likeness (QED) is 0.543. The van der Waals surface area contributed by atoms with E-state index in [9.17, 15) is 24.3 Å². The van der Waals surface area contributed by atoms with Crippen LogP contribution >= 0.6 is 0 Å². The number of para-hydroxylation sites is 1. The molecule has 3 aliphatic rings. The first kappa shape index (κ1) is 28.4. The number of hydrogen-bond donors (Lipinski definition) is 2. The number of aromatic nitrogens is 2. The summed E-state index contributed by atoms with van der Waals surface area (Å²) in [5.74, 6) is -0.735. The fourth-order valence-corrected chi connectivity index (χ4v) is 6.53. The van der Waals surface area contributed by atoms with Crippen LogP contribution in [0.5, 0.6) is 0 Å². The van der Waals surface area contributed by atoms with E-state index in [4.69, 9.17) is 4.74 Å². The number of rotatable bonds is 5. The van der Waals surface area contributed by atoms with Crippen LogP contribution < -0.4 is 11.0 Å². The molecule has 1 aromatic carbocycles. The SMILES string of the molecule is Cn1c(=O)n(C2CCC(=O)NC2=O)c2cccc(CCCN3CC(C(C)(C)C)OC4(CCN(C(=O)O)CC4)C3)c21. The van der Waals surface area contributed by atoms with Gasteiger partial charge in [-0.05, 0) is 55.7 Å². The van der Waals surface area contributed by atoms with E-state index >= 15 is 0 Å². The standard InChI is InChI=1S/C29H41N5O6/c1-28(2,3)22-17-32(18-29(40-22)12-15-33(16-13-29)27(38)39)14-6-8-19-7-5-9-20-24(19)31(4)26(37)34(20)21-10-11-23(35)30-25(21)36/h5,7,9,21-22H,6,8,10-18H2,1-4H3,(H,38,39)(H,30,35,36). The second-order valence-electron chi connectivity index (χ2n) is 12.7. The number of carbonyl (C=O) groups excluding carboxylic acids is 2. The molecule has 1 aromatic heterocycles. The molecule has 3 amide bonds. The minimum absolute atomic E-state index is 0.0432. The second kappa shape index (κ2) is 10.7. The Bertz CT molecular complexity index is 1360. The molecule has 2 unspecified atom stereocenters. The number of likely N-dealkylation sites (tertiary alicyclic amines) is 1. The topological polar surface area (TPSA) is 126 Å². The third-order valence-electron chi connectivity index (χ3n) is 8.87. The van der Waals surface area contributed by atoms with Crippen LogP contribution in [-0.4, -0.2) is 86.4 Å². The summed E-state index contributed by atoms with van der Waals surface area (Å²) in [7, 11) is 1.74. The molecule has 2 atom stereocenters. The number of ether oxygens (including phenoxy) is 1. The summed E-state index contributed by atoms with van der Waals surface area (Å²) in [6.45, 7) is 10.0. The maximum atomic E-state index is 13.3. The Hall–Kier alpha value is -3.18. The number of morpholine rings is 1. The van der Waals surface area contributed by atoms with Crippen molar-refractivity contribution >= 4 is 28.9 Å². The summed E-state index contributed by atoms with van der Waals surface area (Å²) in [4.78, 5) is 52.9. The average Bonchev–Trinajstić information content (AvgIpc) is 3.14. The highest BCUT2D eigenvalue weighted by molar-refractivity contribution is 6.00. The first-order valence-electron chi connectivity index (χ1n) is 14.3. The number of nitrogens with zero attached hydrogens (tertiary/aromatic N) is 4. The van der Waals surface area contributed by atoms with Crippen LogP contribution in [-0.2, 0) is 27.8 Å². The van der Waals surface area contributed by atoms with Crippen molar-refractivity contribution in [2.75, 3.05) is 32.7 Å². The van der Waals surface area contributed by atoms with E-state index in [1.165, 1.54) is 9.47 Å². The predicted molar refractivity (Wildman–Crippen MR) is 149 cm³/mol. The normalized spacial score (nSPS) is 24.1. The molecule has 0 radical (unpaired) electrons. The summed E-state index contributed by atoms with van der Waals surface area (Å²) in [5, 5.41) is 11.8. The Kier molecular flexibility index (Phi) is 7.56. The number of aryl methyl sites for hydroxylation is 2. The van der Waals surface area contributed by atoms with E-state index in [0.29, 0.717) is 37.9 Å². The van der Waals surface area contributed by atoms with E-state index in [-0.39, 0.29) is 35.1 Å². The number of carbonyl (C=O) groups is 3. The zero-order valence-corrected chi connectivity index (χ0v) is 23.9. The van der Waals surface area contributed by atoms with Gasteiger partial charge in [0.05, 0.1) is 22.7 Å². The lowest BCUT2D eigenvalue weighted by Crippen LogP contribution is -2.62. The predicted octanol–water partition coefficient (Wildman–Crippen LogP) is 2.51. The highest BCUT2D eigenvalue weighted by atomic mass is 16.5. The lowest BCUT2D eigenvalue weighted by Gasteiger charge is -2.52. The number of fused-ring (bicyclic) bond motifs is 1. The summed E-state index contributed by atoms with van der Waals surface area (Å²) >= 11 is 0. The van der Waals surface area contributed by atoms with E-state index in [1.54, 1.807) is 11.6 Å². The van der Waals surface area contributed by atoms with Crippen molar-refractivity contribution in [3.05, 3.63) is 34.2 Å². The molecule has 11 nitrogen and oxygen atoms in total. The van der Waals surface area contributed by atoms with Crippen LogP contribution in [0.15, 0.2) is 23.0 Å². The Morgan fingerprint density at radius 3 is 2.55 bits per heavy atom. The van der Waals surface area contributed by atoms with Gasteiger partial charge in [-0.1, -0.05) is 32.9 Å². The largest absolute Gasteiger partial charge is 0.465 e. The Labute approximate surface area is 234 Å². The molecule has 1 spiro atoms. The fourth-order valence-electron chi connectivity index (χ4n) is 6.53. The first-order chi connectivity index (χ1) is 18.9. The number of carboxylic acid groups (broad SMARTS) is 1. The van der Waals surface area contributed by atoms with Crippen LogP contribution in [0.1, 0.15) is 64.5 Å². The van der Waals surface area contributed by atoms with Gasteiger partial charge < -0.3 is 14.7 Å². The number of imide groups is 1. The highest BCUT2D eigenvalue weighted by Crippen LogP contribution is 2.38. The molecular weight excluding hydrogens is 514 g/mol. The first-order valence-corrected chi connectivity index (χ1v) is 14.3. The lowest BCUT2D eigenvalue weighted by molar-refractivity contribution is -0.200. The van der Waals surface area contributed by atoms with Crippen molar-refractivity contribution < 1.29 is 24.2 Å². The molecule has 0 saturated carbocycles. The van der Waals surface area contributed by atoms with E-state index in [2.05, 4.69) is 31.0 Å². The van der Waals surface area contributed by atoms with Gasteiger partial charge in [-0.15, -0.1) is 0 Å². The maximum Gasteiger partial charge on any atom is 0.407 e. The van der Waals surface area contributed by atoms with Crippen molar-refractivity contribution in [2.24, 2.45) is 12.5 Å². The third-order valence-corrected chi connectivity index (χ3v) is 8.87. The van der Waals surface area contributed by atoms with Crippen LogP contribution in [0.4, 0.5) is 4.79 Å². The molecule has 3 saturated heterocycles. The molecule has 218 valence electrons. The molecule has 3 fully saturated rings. The molecule has 4 heterocycles. The number of hydrogen-bond acceptors (Lipinski definition) is 6. The summed E-state index contributed by atoms with van der Waals surface area (Å²) < 4.78 is 9.86. The van der Waals surface area contributed by atoms with Gasteiger partial charge in [0.25, 0.3) is 0 Å². The zero-order valence-electron chi connectivity index (χ0n) is 23.9. The minimum Gasteiger partial charge on any atom is -0.465 e. The average molecular weight is 556 g/mol. The number of benzene rings is 1. The van der Waals surface area contributed by atoms with Crippen LogP contribution in [0.25, 0.3) is 11.0 Å². The minimum atomic E-state index is -0.870. The highest BCUT2D eigenvalue weighted by Gasteiger charge is 2.46. The molecule has 3 aliphatic heterocycles. The molecule has 2 aromatic rings. The monoisotopic (exact) mass is 555 g/mol. The van der Waals surface area contributed by atoms with Crippen LogP contribution in [0.3, 0.4) is 0 Å². The molecule has 0 aliphatic carbocycles. The summed E-state index contributed by atoms with van der Waals surface area (Å²) in [6.07, 6.45) is 2.73. The Morgan fingerprint density at radius 2 is 1.90 bits per heavy atom. The van der Waals surface area contributed by atoms with Crippen LogP contribution in [0, 0.1) is 5.41 Å². The Balaban J connectivity index is 1.32. The number of amides is 3. The van der Waals surface area contributed by atoms with Gasteiger partial charge in [0, 0.05) is 39.6 Å². The lowest BCUT2D eigenvalue weighted by atomic mass is 9.82. The number of nitrogens with one attached hydrogen (secondary N) is 1. The zero-order chi connectivity index (χ0) is 28.8. The summed E-state index contributed by atoms with van der Waals surface area (Å²) in [6, 6.07) is 5.13. The summed E-state index contributed by atoms with van der Waals surface area (Å²) in [5.41, 5.74) is 1.94. The van der Waals surface area contributed by atoms with Crippen molar-refractivity contribution in [3.8, 4) is 0 Å². The smallest absolute Gasteiger partial charge is 0.407 e. The van der Waals surface area contributed by atoms with Gasteiger partial charge in [0.2, 0.25) is 11.8 Å². The third kappa shape index (κ3) is 5.41. The van der Waals surface area contributed by atoms with Gasteiger partial charge >= 0.3 is 11.8 Å². The Morgan fingerprint density at radius 1 is 1.18 bits per heavy atom. The van der Waals surface area contributed by atoms with Gasteiger partial charge in [0.1, 0.15) is 6.04 Å². The van der Waals surface area contributed by atoms with Gasteiger partial charge in [-0.25, -0.2) is 9.59 Å². The van der Waals surface area contributed by atoms with Crippen molar-refractivity contribution in [1.29, 1.82) is 0 Å². The fraction of sp³-hybridized carbons (Fsp3) is 0.655. The maximum absolute atomic E-state index is 13.3. The second-order valence-corrected chi connectivity index (χ2v) is 12.7. The number of imidazole rings is 1. The van der Waals surface area contributed by atoms with E-state index < -0.39 is 18.0 Å². The molecule has 5 rings (SSSR count). The van der Waals surface area contributed by atoms with Crippen molar-refractivity contribution in [3.63, 3.8) is 0 Å². The van der Waals surface area contributed by atoms with Gasteiger partial charge in [-0.3, -0.25) is 28.9 Å². The van der Waals surface area contributed by atoms with E-state index in [1.807, 2.05) is 18.2 Å². The molecule has 40 heavy (non-hydrogen) atoms. The molecular formula is C29H41N5O6. The van der Waals surface area contributed by atoms with Crippen LogP contribution in [0.2, 0.25) is 0 Å². The van der Waals surface area contributed by atoms with Gasteiger partial charge in [0.15, 0.2) is 0 Å². The molecule has 11 heteroatoms. The molecule has 0 bridgehead atoms.